The topological polar surface area (TPSA) is 62.7 Å². The van der Waals surface area contributed by atoms with E-state index in [1.165, 1.54) is 0 Å². The average Bonchev–Trinajstić information content (AvgIpc) is 2.56. The molecule has 1 fully saturated rings. The van der Waals surface area contributed by atoms with E-state index < -0.39 is 30.3 Å². The van der Waals surface area contributed by atoms with E-state index in [4.69, 9.17) is 4.74 Å². The fourth-order valence-corrected chi connectivity index (χ4v) is 3.86. The van der Waals surface area contributed by atoms with Crippen molar-refractivity contribution in [2.45, 2.75) is 58.9 Å². The number of halogens is 4. The largest absolute Gasteiger partial charge is 0.461 e. The molecule has 5 nitrogen and oxygen atoms in total. The number of carbonyl (C=O) groups is 1. The minimum atomic E-state index is -4.21. The predicted molar refractivity (Wildman–Crippen MR) is 98.6 cm³/mol. The fraction of sp³-hybridized carbons (Fsp3) is 0.667. The Morgan fingerprint density at radius 3 is 2.30 bits per heavy atom. The van der Waals surface area contributed by atoms with Gasteiger partial charge in [-0.1, -0.05) is 0 Å². The molecule has 1 N–H and O–H groups in total. The van der Waals surface area contributed by atoms with Crippen LogP contribution in [-0.4, -0.2) is 41.4 Å². The molecule has 0 radical (unpaired) electrons. The molecule has 27 heavy (non-hydrogen) atoms. The van der Waals surface area contributed by atoms with E-state index in [9.17, 15) is 23.1 Å². The maximum absolute atomic E-state index is 13.0. The van der Waals surface area contributed by atoms with E-state index in [0.29, 0.717) is 21.5 Å². The van der Waals surface area contributed by atoms with Gasteiger partial charge in [0.05, 0.1) is 27.9 Å². The summed E-state index contributed by atoms with van der Waals surface area (Å²) in [6, 6.07) is 0. The highest BCUT2D eigenvalue weighted by atomic mass is 79.9. The molecular weight excluding hydrogens is 429 g/mol. The lowest BCUT2D eigenvalue weighted by Gasteiger charge is -2.37. The van der Waals surface area contributed by atoms with Crippen molar-refractivity contribution in [2.24, 2.45) is 5.92 Å². The highest BCUT2D eigenvalue weighted by Crippen LogP contribution is 2.41. The van der Waals surface area contributed by atoms with E-state index in [1.807, 2.05) is 0 Å². The summed E-state index contributed by atoms with van der Waals surface area (Å²) in [4.78, 5) is 18.4. The first-order chi connectivity index (χ1) is 12.4. The average molecular weight is 453 g/mol. The molecule has 1 saturated heterocycles. The zero-order valence-corrected chi connectivity index (χ0v) is 17.3. The van der Waals surface area contributed by atoms with Gasteiger partial charge >= 0.3 is 12.1 Å². The van der Waals surface area contributed by atoms with Crippen LogP contribution in [0.25, 0.3) is 0 Å². The van der Waals surface area contributed by atoms with Crippen molar-refractivity contribution in [3.05, 3.63) is 21.4 Å². The van der Waals surface area contributed by atoms with Crippen molar-refractivity contribution in [1.29, 1.82) is 0 Å². The van der Waals surface area contributed by atoms with Crippen LogP contribution in [0.15, 0.2) is 4.47 Å². The Morgan fingerprint density at radius 2 is 1.81 bits per heavy atom. The lowest BCUT2D eigenvalue weighted by atomic mass is 9.94. The molecule has 152 valence electrons. The second-order valence-corrected chi connectivity index (χ2v) is 7.84. The number of rotatable bonds is 4. The number of hydrogen-bond donors (Lipinski definition) is 1. The van der Waals surface area contributed by atoms with Gasteiger partial charge in [0.2, 0.25) is 0 Å². The minimum Gasteiger partial charge on any atom is -0.461 e. The molecule has 0 saturated carbocycles. The third-order valence-electron chi connectivity index (χ3n) is 4.63. The third kappa shape index (κ3) is 4.93. The summed E-state index contributed by atoms with van der Waals surface area (Å²) in [5.74, 6) is -2.15. The zero-order valence-electron chi connectivity index (χ0n) is 15.7. The van der Waals surface area contributed by atoms with Crippen LogP contribution < -0.4 is 4.90 Å². The lowest BCUT2D eigenvalue weighted by Crippen LogP contribution is -2.40. The zero-order chi connectivity index (χ0) is 20.5. The summed E-state index contributed by atoms with van der Waals surface area (Å²) < 4.78 is 44.6. The van der Waals surface area contributed by atoms with Crippen molar-refractivity contribution in [1.82, 2.24) is 4.98 Å². The second-order valence-electron chi connectivity index (χ2n) is 7.05. The second kappa shape index (κ2) is 8.34. The molecule has 0 aromatic carbocycles. The smallest absolute Gasteiger partial charge is 0.391 e. The Hall–Kier alpha value is -1.35. The van der Waals surface area contributed by atoms with Crippen LogP contribution in [-0.2, 0) is 9.53 Å². The van der Waals surface area contributed by atoms with E-state index >= 15 is 0 Å². The number of ether oxygens (including phenoxy) is 1. The number of pyridine rings is 1. The van der Waals surface area contributed by atoms with Crippen LogP contribution in [0.5, 0.6) is 0 Å². The maximum atomic E-state index is 13.0. The van der Waals surface area contributed by atoms with Crippen LogP contribution >= 0.6 is 15.9 Å². The van der Waals surface area contributed by atoms with Crippen LogP contribution in [0.3, 0.4) is 0 Å². The van der Waals surface area contributed by atoms with Gasteiger partial charge in [-0.15, -0.1) is 0 Å². The SMILES string of the molecule is Cc1nc(C)c([C@H](O)C(=O)OC(C)C)c(N2CCC(C(F)(F)F)CC2)c1Br. The molecule has 1 aromatic rings. The Bertz CT molecular complexity index is 702. The molecule has 1 aromatic heterocycles. The summed E-state index contributed by atoms with van der Waals surface area (Å²) in [5.41, 5.74) is 1.85. The molecule has 2 rings (SSSR count). The van der Waals surface area contributed by atoms with Crippen molar-refractivity contribution in [3.63, 3.8) is 0 Å². The molecule has 0 amide bonds. The number of nitrogens with zero attached hydrogens (tertiary/aromatic N) is 2. The van der Waals surface area contributed by atoms with Gasteiger partial charge in [0, 0.05) is 24.3 Å². The quantitative estimate of drug-likeness (QED) is 0.692. The fourth-order valence-electron chi connectivity index (χ4n) is 3.30. The first-order valence-electron chi connectivity index (χ1n) is 8.80. The van der Waals surface area contributed by atoms with Gasteiger partial charge in [-0.3, -0.25) is 4.98 Å². The number of carbonyl (C=O) groups excluding carboxylic acids is 1. The highest BCUT2D eigenvalue weighted by Gasteiger charge is 2.42. The van der Waals surface area contributed by atoms with Gasteiger partial charge in [-0.25, -0.2) is 4.79 Å². The Balaban J connectivity index is 2.40. The first kappa shape index (κ1) is 21.9. The van der Waals surface area contributed by atoms with Gasteiger partial charge in [0.25, 0.3) is 0 Å². The highest BCUT2D eigenvalue weighted by molar-refractivity contribution is 9.10. The van der Waals surface area contributed by atoms with Crippen LogP contribution in [0.2, 0.25) is 0 Å². The van der Waals surface area contributed by atoms with E-state index in [2.05, 4.69) is 20.9 Å². The summed E-state index contributed by atoms with van der Waals surface area (Å²) >= 11 is 3.43. The molecule has 0 unspecified atom stereocenters. The molecule has 1 aliphatic heterocycles. The molecule has 9 heteroatoms. The number of anilines is 1. The van der Waals surface area contributed by atoms with Gasteiger partial charge in [-0.05, 0) is 56.5 Å². The van der Waals surface area contributed by atoms with Crippen LogP contribution in [0.4, 0.5) is 18.9 Å². The molecule has 1 atom stereocenters. The third-order valence-corrected chi connectivity index (χ3v) is 5.58. The number of aliphatic hydroxyl groups excluding tert-OH is 1. The Morgan fingerprint density at radius 1 is 1.26 bits per heavy atom. The molecule has 0 bridgehead atoms. The Kier molecular flexibility index (Phi) is 6.78. The molecule has 0 spiro atoms. The van der Waals surface area contributed by atoms with Crippen molar-refractivity contribution >= 4 is 27.6 Å². The van der Waals surface area contributed by atoms with Gasteiger partial charge in [0.15, 0.2) is 6.10 Å². The first-order valence-corrected chi connectivity index (χ1v) is 9.59. The van der Waals surface area contributed by atoms with Gasteiger partial charge in [0.1, 0.15) is 0 Å². The van der Waals surface area contributed by atoms with Crippen LogP contribution in [0, 0.1) is 19.8 Å². The minimum absolute atomic E-state index is 0.0394. The number of aromatic nitrogens is 1. The van der Waals surface area contributed by atoms with E-state index in [1.54, 1.807) is 32.6 Å². The standard InChI is InChI=1S/C18H24BrF3N2O3/c1-9(2)27-17(26)16(25)13-10(3)23-11(4)14(19)15(13)24-7-5-12(6-8-24)18(20,21)22/h9,12,16,25H,5-8H2,1-4H3/t16-/m0/s1. The summed E-state index contributed by atoms with van der Waals surface area (Å²) in [6.45, 7) is 7.10. The number of aryl methyl sites for hydroxylation is 2. The Labute approximate surface area is 165 Å². The van der Waals surface area contributed by atoms with Gasteiger partial charge in [-0.2, -0.15) is 13.2 Å². The van der Waals surface area contributed by atoms with E-state index in [-0.39, 0.29) is 31.5 Å². The number of aliphatic hydroxyl groups is 1. The van der Waals surface area contributed by atoms with E-state index in [0.717, 1.165) is 0 Å². The number of hydrogen-bond acceptors (Lipinski definition) is 5. The lowest BCUT2D eigenvalue weighted by molar-refractivity contribution is -0.179. The number of esters is 1. The van der Waals surface area contributed by atoms with Crippen LogP contribution in [0.1, 0.15) is 49.7 Å². The summed E-state index contributed by atoms with van der Waals surface area (Å²) in [7, 11) is 0. The van der Waals surface area contributed by atoms with Crippen molar-refractivity contribution < 1.29 is 27.8 Å². The summed E-state index contributed by atoms with van der Waals surface area (Å²) in [5, 5.41) is 10.6. The monoisotopic (exact) mass is 452 g/mol. The normalized spacial score (nSPS) is 17.3. The molecule has 1 aliphatic rings. The van der Waals surface area contributed by atoms with Gasteiger partial charge < -0.3 is 14.7 Å². The predicted octanol–water partition coefficient (Wildman–Crippen LogP) is 4.22. The molecular formula is C18H24BrF3N2O3. The summed E-state index contributed by atoms with van der Waals surface area (Å²) in [6.07, 6.45) is -6.26. The molecule has 2 heterocycles. The maximum Gasteiger partial charge on any atom is 0.391 e. The number of piperidine rings is 1. The number of alkyl halides is 3. The van der Waals surface area contributed by atoms with Crippen molar-refractivity contribution in [2.75, 3.05) is 18.0 Å². The molecule has 0 aliphatic carbocycles. The van der Waals surface area contributed by atoms with Crippen molar-refractivity contribution in [3.8, 4) is 0 Å².